The summed E-state index contributed by atoms with van der Waals surface area (Å²) in [5.74, 6) is 0. The maximum Gasteiger partial charge on any atom is 0.0693 e. The fraction of sp³-hybridized carbons (Fsp3) is 0.833. The maximum absolute atomic E-state index is 9.82. The van der Waals surface area contributed by atoms with Gasteiger partial charge in [0, 0.05) is 6.04 Å². The normalized spacial score (nSPS) is 28.4. The summed E-state index contributed by atoms with van der Waals surface area (Å²) in [5.41, 5.74) is 0. The number of hydrogen-bond acceptors (Lipinski definition) is 2. The van der Waals surface area contributed by atoms with E-state index in [0.29, 0.717) is 6.04 Å². The molecule has 0 radical (unpaired) electrons. The second-order valence-corrected chi connectivity index (χ2v) is 4.20. The summed E-state index contributed by atoms with van der Waals surface area (Å²) in [6, 6.07) is 0.335. The van der Waals surface area contributed by atoms with Gasteiger partial charge >= 0.3 is 0 Å². The molecule has 1 fully saturated rings. The SMILES string of the molecule is C=CCCCNC1CCCCCC1O. The van der Waals surface area contributed by atoms with E-state index in [1.54, 1.807) is 0 Å². The molecule has 0 bridgehead atoms. The highest BCUT2D eigenvalue weighted by Crippen LogP contribution is 2.17. The molecule has 0 saturated heterocycles. The molecule has 2 heteroatoms. The molecule has 0 aliphatic heterocycles. The van der Waals surface area contributed by atoms with Crippen LogP contribution in [0.4, 0.5) is 0 Å². The van der Waals surface area contributed by atoms with E-state index in [4.69, 9.17) is 0 Å². The molecular formula is C12H23NO. The number of unbranched alkanes of at least 4 members (excludes halogenated alkanes) is 1. The van der Waals surface area contributed by atoms with E-state index in [1.165, 1.54) is 19.3 Å². The van der Waals surface area contributed by atoms with Gasteiger partial charge in [0.2, 0.25) is 0 Å². The van der Waals surface area contributed by atoms with E-state index in [9.17, 15) is 5.11 Å². The standard InChI is InChI=1S/C12H23NO/c1-2-3-7-10-13-11-8-5-4-6-9-12(11)14/h2,11-14H,1,3-10H2. The molecule has 2 nitrogen and oxygen atoms in total. The van der Waals surface area contributed by atoms with Crippen LogP contribution in [0.2, 0.25) is 0 Å². The van der Waals surface area contributed by atoms with Crippen molar-refractivity contribution in [3.05, 3.63) is 12.7 Å². The second-order valence-electron chi connectivity index (χ2n) is 4.20. The number of aliphatic hydroxyl groups is 1. The third-order valence-corrected chi connectivity index (χ3v) is 2.97. The fourth-order valence-corrected chi connectivity index (χ4v) is 2.06. The molecular weight excluding hydrogens is 174 g/mol. The van der Waals surface area contributed by atoms with Crippen molar-refractivity contribution < 1.29 is 5.11 Å². The summed E-state index contributed by atoms with van der Waals surface area (Å²) < 4.78 is 0. The Balaban J connectivity index is 2.16. The Labute approximate surface area is 87.4 Å². The molecule has 0 heterocycles. The van der Waals surface area contributed by atoms with Gasteiger partial charge in [-0.2, -0.15) is 0 Å². The first-order valence-electron chi connectivity index (χ1n) is 5.87. The minimum atomic E-state index is -0.124. The van der Waals surface area contributed by atoms with E-state index in [2.05, 4.69) is 11.9 Å². The fourth-order valence-electron chi connectivity index (χ4n) is 2.06. The smallest absolute Gasteiger partial charge is 0.0693 e. The van der Waals surface area contributed by atoms with Crippen molar-refractivity contribution in [1.29, 1.82) is 0 Å². The number of nitrogens with one attached hydrogen (secondary N) is 1. The van der Waals surface area contributed by atoms with Crippen molar-refractivity contribution in [2.45, 2.75) is 57.1 Å². The van der Waals surface area contributed by atoms with Crippen LogP contribution in [0.3, 0.4) is 0 Å². The predicted molar refractivity (Wildman–Crippen MR) is 60.3 cm³/mol. The van der Waals surface area contributed by atoms with Crippen molar-refractivity contribution in [2.75, 3.05) is 6.54 Å². The topological polar surface area (TPSA) is 32.3 Å². The van der Waals surface area contributed by atoms with Gasteiger partial charge in [-0.3, -0.25) is 0 Å². The van der Waals surface area contributed by atoms with E-state index < -0.39 is 0 Å². The molecule has 0 aromatic heterocycles. The summed E-state index contributed by atoms with van der Waals surface area (Å²) in [5, 5.41) is 13.3. The lowest BCUT2D eigenvalue weighted by Crippen LogP contribution is -2.39. The summed E-state index contributed by atoms with van der Waals surface area (Å²) in [4.78, 5) is 0. The third kappa shape index (κ3) is 4.25. The van der Waals surface area contributed by atoms with Crippen LogP contribution in [-0.4, -0.2) is 23.8 Å². The molecule has 2 N–H and O–H groups in total. The molecule has 82 valence electrons. The zero-order valence-corrected chi connectivity index (χ0v) is 9.04. The summed E-state index contributed by atoms with van der Waals surface area (Å²) >= 11 is 0. The molecule has 0 aromatic carbocycles. The van der Waals surface area contributed by atoms with Gasteiger partial charge in [-0.1, -0.05) is 25.3 Å². The molecule has 1 saturated carbocycles. The highest BCUT2D eigenvalue weighted by Gasteiger charge is 2.20. The monoisotopic (exact) mass is 197 g/mol. The highest BCUT2D eigenvalue weighted by molar-refractivity contribution is 4.79. The lowest BCUT2D eigenvalue weighted by Gasteiger charge is -2.21. The first-order chi connectivity index (χ1) is 6.84. The van der Waals surface area contributed by atoms with Crippen molar-refractivity contribution in [3.8, 4) is 0 Å². The predicted octanol–water partition coefficient (Wildman–Crippen LogP) is 2.24. The molecule has 14 heavy (non-hydrogen) atoms. The molecule has 2 atom stereocenters. The Kier molecular flexibility index (Phi) is 5.88. The summed E-state index contributed by atoms with van der Waals surface area (Å²) in [7, 11) is 0. The Bertz CT molecular complexity index is 158. The molecule has 1 aliphatic rings. The van der Waals surface area contributed by atoms with Gasteiger partial charge in [0.1, 0.15) is 0 Å². The largest absolute Gasteiger partial charge is 0.392 e. The Morgan fingerprint density at radius 3 is 2.86 bits per heavy atom. The van der Waals surface area contributed by atoms with Gasteiger partial charge in [0.05, 0.1) is 6.10 Å². The second kappa shape index (κ2) is 7.02. The van der Waals surface area contributed by atoms with Crippen LogP contribution in [0.25, 0.3) is 0 Å². The van der Waals surface area contributed by atoms with Gasteiger partial charge in [-0.15, -0.1) is 6.58 Å². The Hall–Kier alpha value is -0.340. The average molecular weight is 197 g/mol. The van der Waals surface area contributed by atoms with Gasteiger partial charge in [-0.05, 0) is 32.2 Å². The van der Waals surface area contributed by atoms with E-state index in [1.807, 2.05) is 6.08 Å². The van der Waals surface area contributed by atoms with Gasteiger partial charge in [0.15, 0.2) is 0 Å². The zero-order valence-electron chi connectivity index (χ0n) is 9.04. The Morgan fingerprint density at radius 1 is 1.29 bits per heavy atom. The number of aliphatic hydroxyl groups excluding tert-OH is 1. The maximum atomic E-state index is 9.82. The van der Waals surface area contributed by atoms with Crippen molar-refractivity contribution in [3.63, 3.8) is 0 Å². The van der Waals surface area contributed by atoms with Gasteiger partial charge in [0.25, 0.3) is 0 Å². The van der Waals surface area contributed by atoms with Crippen LogP contribution in [0, 0.1) is 0 Å². The molecule has 0 amide bonds. The van der Waals surface area contributed by atoms with Crippen LogP contribution in [-0.2, 0) is 0 Å². The van der Waals surface area contributed by atoms with Crippen molar-refractivity contribution in [1.82, 2.24) is 5.32 Å². The number of hydrogen-bond donors (Lipinski definition) is 2. The first kappa shape index (κ1) is 11.7. The molecule has 1 rings (SSSR count). The van der Waals surface area contributed by atoms with E-state index in [0.717, 1.165) is 32.2 Å². The molecule has 0 spiro atoms. The minimum absolute atomic E-state index is 0.124. The van der Waals surface area contributed by atoms with Crippen LogP contribution < -0.4 is 5.32 Å². The average Bonchev–Trinajstić information content (AvgIpc) is 2.39. The van der Waals surface area contributed by atoms with Crippen LogP contribution in [0.15, 0.2) is 12.7 Å². The van der Waals surface area contributed by atoms with Crippen molar-refractivity contribution in [2.24, 2.45) is 0 Å². The summed E-state index contributed by atoms with van der Waals surface area (Å²) in [6.07, 6.45) is 9.85. The van der Waals surface area contributed by atoms with E-state index in [-0.39, 0.29) is 6.10 Å². The molecule has 0 aromatic rings. The molecule has 2 unspecified atom stereocenters. The van der Waals surface area contributed by atoms with Crippen LogP contribution in [0.5, 0.6) is 0 Å². The molecule has 1 aliphatic carbocycles. The van der Waals surface area contributed by atoms with Gasteiger partial charge < -0.3 is 10.4 Å². The highest BCUT2D eigenvalue weighted by atomic mass is 16.3. The van der Waals surface area contributed by atoms with Crippen LogP contribution >= 0.6 is 0 Å². The third-order valence-electron chi connectivity index (χ3n) is 2.97. The lowest BCUT2D eigenvalue weighted by molar-refractivity contribution is 0.120. The first-order valence-corrected chi connectivity index (χ1v) is 5.87. The quantitative estimate of drug-likeness (QED) is 0.402. The zero-order chi connectivity index (χ0) is 10.2. The Morgan fingerprint density at radius 2 is 2.07 bits per heavy atom. The van der Waals surface area contributed by atoms with Crippen molar-refractivity contribution >= 4 is 0 Å². The van der Waals surface area contributed by atoms with Crippen LogP contribution in [0.1, 0.15) is 44.9 Å². The number of allylic oxidation sites excluding steroid dienone is 1. The minimum Gasteiger partial charge on any atom is -0.392 e. The summed E-state index contributed by atoms with van der Waals surface area (Å²) in [6.45, 7) is 4.71. The number of rotatable bonds is 5. The lowest BCUT2D eigenvalue weighted by atomic mass is 10.1. The van der Waals surface area contributed by atoms with Gasteiger partial charge in [-0.25, -0.2) is 0 Å². The van der Waals surface area contributed by atoms with E-state index >= 15 is 0 Å².